The van der Waals surface area contributed by atoms with Gasteiger partial charge in [0, 0.05) is 40.6 Å². The van der Waals surface area contributed by atoms with Crippen LogP contribution in [-0.2, 0) is 9.53 Å². The molecule has 0 unspecified atom stereocenters. The summed E-state index contributed by atoms with van der Waals surface area (Å²) in [4.78, 5) is 19.1. The monoisotopic (exact) mass is 460 g/mol. The number of pyridine rings is 1. The standard InChI is InChI=1S/C27H22ClFN2O2/c1-3-21(22-10-9-20(29)15-23(22)28)27(25-14-19-16-30-13-12-24(19)31-25)18-7-4-17(5-8-18)6-11-26(32)33-2/h4-16,31H,3H2,1-2H3/b11-6+,27-21+. The first-order valence-corrected chi connectivity index (χ1v) is 10.9. The number of fused-ring (bicyclic) bond motifs is 1. The molecule has 0 aliphatic carbocycles. The Morgan fingerprint density at radius 1 is 1.15 bits per heavy atom. The van der Waals surface area contributed by atoms with E-state index < -0.39 is 5.97 Å². The Bertz CT molecular complexity index is 1340. The first-order chi connectivity index (χ1) is 16.0. The van der Waals surface area contributed by atoms with Crippen molar-refractivity contribution < 1.29 is 13.9 Å². The maximum Gasteiger partial charge on any atom is 0.330 e. The van der Waals surface area contributed by atoms with Crippen molar-refractivity contribution in [1.82, 2.24) is 9.97 Å². The van der Waals surface area contributed by atoms with Crippen LogP contribution in [0.25, 0.3) is 28.1 Å². The number of rotatable bonds is 6. The Kier molecular flexibility index (Phi) is 6.71. The quantitative estimate of drug-likeness (QED) is 0.193. The van der Waals surface area contributed by atoms with Crippen molar-refractivity contribution in [3.8, 4) is 0 Å². The molecule has 4 rings (SSSR count). The van der Waals surface area contributed by atoms with Crippen LogP contribution in [0.15, 0.2) is 73.1 Å². The summed E-state index contributed by atoms with van der Waals surface area (Å²) in [6, 6.07) is 16.3. The van der Waals surface area contributed by atoms with Gasteiger partial charge in [0.05, 0.1) is 12.1 Å². The molecule has 1 N–H and O–H groups in total. The van der Waals surface area contributed by atoms with Crippen LogP contribution in [-0.4, -0.2) is 23.0 Å². The van der Waals surface area contributed by atoms with Crippen LogP contribution in [0, 0.1) is 5.82 Å². The second-order valence-electron chi connectivity index (χ2n) is 7.46. The lowest BCUT2D eigenvalue weighted by molar-refractivity contribution is -0.134. The highest BCUT2D eigenvalue weighted by atomic mass is 35.5. The zero-order valence-corrected chi connectivity index (χ0v) is 19.0. The first-order valence-electron chi connectivity index (χ1n) is 10.5. The highest BCUT2D eigenvalue weighted by Gasteiger charge is 2.17. The smallest absolute Gasteiger partial charge is 0.330 e. The Morgan fingerprint density at radius 3 is 2.61 bits per heavy atom. The minimum atomic E-state index is -0.412. The summed E-state index contributed by atoms with van der Waals surface area (Å²) in [6.45, 7) is 2.05. The molecule has 0 aliphatic rings. The number of benzene rings is 2. The Labute approximate surface area is 196 Å². The van der Waals surface area contributed by atoms with E-state index >= 15 is 0 Å². The van der Waals surface area contributed by atoms with E-state index in [4.69, 9.17) is 11.6 Å². The third-order valence-corrected chi connectivity index (χ3v) is 5.73. The number of aromatic nitrogens is 2. The SMILES string of the molecule is CC/C(=C(/c1ccc(/C=C/C(=O)OC)cc1)c1cc2cnccc2[nH]1)c1ccc(F)cc1Cl. The number of aromatic amines is 1. The summed E-state index contributed by atoms with van der Waals surface area (Å²) in [5.41, 5.74) is 6.43. The average Bonchev–Trinajstić information content (AvgIpc) is 3.25. The van der Waals surface area contributed by atoms with Crippen LogP contribution in [0.2, 0.25) is 5.02 Å². The van der Waals surface area contributed by atoms with E-state index in [1.807, 2.05) is 43.5 Å². The van der Waals surface area contributed by atoms with Crippen molar-refractivity contribution in [1.29, 1.82) is 0 Å². The summed E-state index contributed by atoms with van der Waals surface area (Å²) in [7, 11) is 1.34. The molecule has 0 saturated carbocycles. The number of allylic oxidation sites excluding steroid dienone is 1. The third-order valence-electron chi connectivity index (χ3n) is 5.41. The van der Waals surface area contributed by atoms with E-state index in [1.54, 1.807) is 18.3 Å². The maximum atomic E-state index is 13.7. The Hall–Kier alpha value is -3.70. The van der Waals surface area contributed by atoms with Crippen LogP contribution in [0.3, 0.4) is 0 Å². The maximum absolute atomic E-state index is 13.7. The molecule has 0 aliphatic heterocycles. The molecule has 0 saturated heterocycles. The number of nitrogens with one attached hydrogen (secondary N) is 1. The van der Waals surface area contributed by atoms with Crippen LogP contribution in [0.1, 0.15) is 35.7 Å². The highest BCUT2D eigenvalue weighted by molar-refractivity contribution is 6.32. The average molecular weight is 461 g/mol. The Balaban J connectivity index is 1.90. The molecule has 0 radical (unpaired) electrons. The van der Waals surface area contributed by atoms with Gasteiger partial charge in [-0.05, 0) is 59.0 Å². The van der Waals surface area contributed by atoms with Crippen LogP contribution in [0.4, 0.5) is 4.39 Å². The number of carbonyl (C=O) groups excluding carboxylic acids is 1. The zero-order valence-electron chi connectivity index (χ0n) is 18.2. The number of hydrogen-bond acceptors (Lipinski definition) is 3. The van der Waals surface area contributed by atoms with Crippen LogP contribution in [0.5, 0.6) is 0 Å². The third kappa shape index (κ3) is 4.89. The van der Waals surface area contributed by atoms with Crippen molar-refractivity contribution in [3.05, 3.63) is 106 Å². The summed E-state index contributed by atoms with van der Waals surface area (Å²) in [5, 5.41) is 1.35. The van der Waals surface area contributed by atoms with Gasteiger partial charge in [0.2, 0.25) is 0 Å². The molecular weight excluding hydrogens is 439 g/mol. The molecule has 2 heterocycles. The van der Waals surface area contributed by atoms with Gasteiger partial charge in [-0.1, -0.05) is 48.9 Å². The molecule has 0 bridgehead atoms. The van der Waals surface area contributed by atoms with Gasteiger partial charge in [0.1, 0.15) is 5.82 Å². The molecule has 0 amide bonds. The molecule has 4 aromatic rings. The highest BCUT2D eigenvalue weighted by Crippen LogP contribution is 2.38. The number of esters is 1. The molecule has 0 spiro atoms. The second-order valence-corrected chi connectivity index (χ2v) is 7.86. The first kappa shape index (κ1) is 22.5. The summed E-state index contributed by atoms with van der Waals surface area (Å²) in [5.74, 6) is -0.787. The van der Waals surface area contributed by atoms with E-state index in [0.29, 0.717) is 11.4 Å². The lowest BCUT2D eigenvalue weighted by Crippen LogP contribution is -1.97. The number of halogens is 2. The number of methoxy groups -OCH3 is 1. The van der Waals surface area contributed by atoms with Gasteiger partial charge in [-0.3, -0.25) is 4.98 Å². The topological polar surface area (TPSA) is 55.0 Å². The summed E-state index contributed by atoms with van der Waals surface area (Å²) in [6.07, 6.45) is 7.31. The number of H-pyrrole nitrogens is 1. The lowest BCUT2D eigenvalue weighted by Gasteiger charge is -2.16. The minimum absolute atomic E-state index is 0.361. The van der Waals surface area contributed by atoms with E-state index in [0.717, 1.165) is 44.4 Å². The van der Waals surface area contributed by atoms with Gasteiger partial charge in [-0.2, -0.15) is 0 Å². The minimum Gasteiger partial charge on any atom is -0.466 e. The van der Waals surface area contributed by atoms with E-state index in [-0.39, 0.29) is 5.82 Å². The Morgan fingerprint density at radius 2 is 1.94 bits per heavy atom. The largest absolute Gasteiger partial charge is 0.466 e. The summed E-state index contributed by atoms with van der Waals surface area (Å²) < 4.78 is 18.4. The molecular formula is C27H22ClFN2O2. The number of ether oxygens (including phenoxy) is 1. The fourth-order valence-corrected chi connectivity index (χ4v) is 4.11. The van der Waals surface area contributed by atoms with Crippen molar-refractivity contribution in [3.63, 3.8) is 0 Å². The summed E-state index contributed by atoms with van der Waals surface area (Å²) >= 11 is 6.46. The number of hydrogen-bond donors (Lipinski definition) is 1. The van der Waals surface area contributed by atoms with Gasteiger partial charge in [-0.15, -0.1) is 0 Å². The van der Waals surface area contributed by atoms with Crippen molar-refractivity contribution in [2.75, 3.05) is 7.11 Å². The van der Waals surface area contributed by atoms with E-state index in [1.165, 1.54) is 25.3 Å². The molecule has 4 nitrogen and oxygen atoms in total. The van der Waals surface area contributed by atoms with Crippen molar-refractivity contribution >= 4 is 45.7 Å². The van der Waals surface area contributed by atoms with Crippen LogP contribution >= 0.6 is 11.6 Å². The molecule has 33 heavy (non-hydrogen) atoms. The lowest BCUT2D eigenvalue weighted by atomic mass is 9.90. The zero-order chi connectivity index (χ0) is 23.4. The molecule has 6 heteroatoms. The molecule has 2 aromatic heterocycles. The number of nitrogens with zero attached hydrogens (tertiary/aromatic N) is 1. The van der Waals surface area contributed by atoms with Crippen molar-refractivity contribution in [2.24, 2.45) is 0 Å². The molecule has 0 fully saturated rings. The fraction of sp³-hybridized carbons (Fsp3) is 0.111. The fourth-order valence-electron chi connectivity index (χ4n) is 3.83. The van der Waals surface area contributed by atoms with Crippen molar-refractivity contribution in [2.45, 2.75) is 13.3 Å². The van der Waals surface area contributed by atoms with E-state index in [2.05, 4.69) is 20.8 Å². The predicted octanol–water partition coefficient (Wildman–Crippen LogP) is 6.91. The van der Waals surface area contributed by atoms with Gasteiger partial charge < -0.3 is 9.72 Å². The second kappa shape index (κ2) is 9.84. The normalized spacial score (nSPS) is 12.2. The molecule has 0 atom stereocenters. The van der Waals surface area contributed by atoms with Gasteiger partial charge >= 0.3 is 5.97 Å². The molecule has 166 valence electrons. The molecule has 2 aromatic carbocycles. The van der Waals surface area contributed by atoms with Gasteiger partial charge in [-0.25, -0.2) is 9.18 Å². The van der Waals surface area contributed by atoms with Gasteiger partial charge in [0.15, 0.2) is 0 Å². The van der Waals surface area contributed by atoms with Gasteiger partial charge in [0.25, 0.3) is 0 Å². The number of carbonyl (C=O) groups is 1. The van der Waals surface area contributed by atoms with E-state index in [9.17, 15) is 9.18 Å². The van der Waals surface area contributed by atoms with Crippen LogP contribution < -0.4 is 0 Å². The predicted molar refractivity (Wildman–Crippen MR) is 131 cm³/mol.